The van der Waals surface area contributed by atoms with Crippen molar-refractivity contribution in [3.8, 4) is 0 Å². The Balaban J connectivity index is 1.89. The maximum atomic E-state index is 13.0. The highest BCUT2D eigenvalue weighted by atomic mass is 19.4. The summed E-state index contributed by atoms with van der Waals surface area (Å²) >= 11 is 0. The average Bonchev–Trinajstić information content (AvgIpc) is 2.41. The molecule has 0 aliphatic heterocycles. The van der Waals surface area contributed by atoms with E-state index in [9.17, 15) is 17.6 Å². The van der Waals surface area contributed by atoms with Crippen molar-refractivity contribution in [2.45, 2.75) is 51.2 Å². The summed E-state index contributed by atoms with van der Waals surface area (Å²) in [7, 11) is 0. The highest BCUT2D eigenvalue weighted by molar-refractivity contribution is 5.26. The van der Waals surface area contributed by atoms with Crippen LogP contribution in [-0.2, 0) is 6.42 Å². The molecule has 0 amide bonds. The van der Waals surface area contributed by atoms with Gasteiger partial charge in [-0.05, 0) is 56.0 Å². The van der Waals surface area contributed by atoms with E-state index in [0.29, 0.717) is 25.8 Å². The molecular weight excluding hydrogens is 282 g/mol. The van der Waals surface area contributed by atoms with Crippen LogP contribution in [-0.4, -0.2) is 18.8 Å². The molecule has 2 unspecified atom stereocenters. The highest BCUT2D eigenvalue weighted by Gasteiger charge is 2.45. The van der Waals surface area contributed by atoms with Gasteiger partial charge in [0, 0.05) is 6.04 Å². The van der Waals surface area contributed by atoms with Gasteiger partial charge in [0.1, 0.15) is 5.82 Å². The van der Waals surface area contributed by atoms with Crippen LogP contribution in [0.2, 0.25) is 0 Å². The number of hydrogen-bond donors (Lipinski definition) is 1. The van der Waals surface area contributed by atoms with Gasteiger partial charge >= 0.3 is 6.18 Å². The molecule has 0 aromatic heterocycles. The van der Waals surface area contributed by atoms with Gasteiger partial charge in [0.25, 0.3) is 0 Å². The summed E-state index contributed by atoms with van der Waals surface area (Å²) in [6, 6.07) is 4.06. The van der Waals surface area contributed by atoms with Crippen LogP contribution >= 0.6 is 0 Å². The van der Waals surface area contributed by atoms with E-state index in [-0.39, 0.29) is 12.2 Å². The molecule has 5 heteroatoms. The summed E-state index contributed by atoms with van der Waals surface area (Å²) in [5, 5.41) is 3.05. The first kappa shape index (κ1) is 16.3. The van der Waals surface area contributed by atoms with Crippen molar-refractivity contribution in [2.75, 3.05) is 6.54 Å². The van der Waals surface area contributed by atoms with Crippen molar-refractivity contribution in [1.82, 2.24) is 5.32 Å². The monoisotopic (exact) mass is 303 g/mol. The van der Waals surface area contributed by atoms with E-state index in [2.05, 4.69) is 5.32 Å². The van der Waals surface area contributed by atoms with E-state index >= 15 is 0 Å². The number of halogens is 4. The lowest BCUT2D eigenvalue weighted by Gasteiger charge is -2.33. The van der Waals surface area contributed by atoms with E-state index < -0.39 is 18.1 Å². The summed E-state index contributed by atoms with van der Waals surface area (Å²) < 4.78 is 51.9. The zero-order chi connectivity index (χ0) is 15.5. The summed E-state index contributed by atoms with van der Waals surface area (Å²) in [6.07, 6.45) is -1.21. The van der Waals surface area contributed by atoms with E-state index in [4.69, 9.17) is 0 Å². The van der Waals surface area contributed by atoms with Crippen LogP contribution < -0.4 is 5.32 Å². The van der Waals surface area contributed by atoms with Crippen LogP contribution in [0.15, 0.2) is 18.2 Å². The molecule has 2 atom stereocenters. The van der Waals surface area contributed by atoms with Gasteiger partial charge in [0.15, 0.2) is 0 Å². The number of alkyl halides is 3. The largest absolute Gasteiger partial charge is 0.393 e. The topological polar surface area (TPSA) is 12.0 Å². The molecule has 0 spiro atoms. The molecule has 1 saturated carbocycles. The molecule has 1 aliphatic carbocycles. The zero-order valence-electron chi connectivity index (χ0n) is 12.1. The molecule has 0 bridgehead atoms. The summed E-state index contributed by atoms with van der Waals surface area (Å²) in [6.45, 7) is 2.31. The standard InChI is InChI=1S/C16H21F4N/c1-11-10-13(17)7-6-12(11)8-9-21-15-5-3-2-4-14(15)16(18,19)20/h6-7,10,14-15,21H,2-5,8-9H2,1H3. The van der Waals surface area contributed by atoms with Crippen molar-refractivity contribution in [3.63, 3.8) is 0 Å². The Kier molecular flexibility index (Phi) is 5.25. The quantitative estimate of drug-likeness (QED) is 0.814. The van der Waals surface area contributed by atoms with Crippen molar-refractivity contribution < 1.29 is 17.6 Å². The minimum Gasteiger partial charge on any atom is -0.313 e. The van der Waals surface area contributed by atoms with E-state index in [0.717, 1.165) is 17.5 Å². The summed E-state index contributed by atoms with van der Waals surface area (Å²) in [5.74, 6) is -1.52. The Morgan fingerprint density at radius 2 is 1.90 bits per heavy atom. The minimum atomic E-state index is -4.12. The van der Waals surface area contributed by atoms with Crippen LogP contribution in [0.25, 0.3) is 0 Å². The van der Waals surface area contributed by atoms with E-state index in [1.165, 1.54) is 12.1 Å². The first-order chi connectivity index (χ1) is 9.88. The van der Waals surface area contributed by atoms with E-state index in [1.807, 2.05) is 6.92 Å². The highest BCUT2D eigenvalue weighted by Crippen LogP contribution is 2.37. The Morgan fingerprint density at radius 1 is 1.19 bits per heavy atom. The lowest BCUT2D eigenvalue weighted by Crippen LogP contribution is -2.46. The van der Waals surface area contributed by atoms with Crippen LogP contribution in [0.4, 0.5) is 17.6 Å². The Bertz CT molecular complexity index is 470. The molecule has 2 rings (SSSR count). The Hall–Kier alpha value is -1.10. The van der Waals surface area contributed by atoms with Gasteiger partial charge in [-0.2, -0.15) is 13.2 Å². The van der Waals surface area contributed by atoms with Crippen LogP contribution in [0.5, 0.6) is 0 Å². The van der Waals surface area contributed by atoms with E-state index in [1.54, 1.807) is 6.07 Å². The maximum Gasteiger partial charge on any atom is 0.393 e. The Labute approximate surface area is 122 Å². The molecule has 1 aromatic rings. The van der Waals surface area contributed by atoms with Gasteiger partial charge < -0.3 is 5.32 Å². The minimum absolute atomic E-state index is 0.219. The van der Waals surface area contributed by atoms with Gasteiger partial charge in [0.05, 0.1) is 5.92 Å². The molecule has 1 N–H and O–H groups in total. The van der Waals surface area contributed by atoms with Gasteiger partial charge in [-0.3, -0.25) is 0 Å². The van der Waals surface area contributed by atoms with Crippen LogP contribution in [0.3, 0.4) is 0 Å². The smallest absolute Gasteiger partial charge is 0.313 e. The lowest BCUT2D eigenvalue weighted by molar-refractivity contribution is -0.188. The van der Waals surface area contributed by atoms with Gasteiger partial charge in [-0.1, -0.05) is 18.9 Å². The molecule has 0 saturated heterocycles. The number of aryl methyl sites for hydroxylation is 1. The number of nitrogens with one attached hydrogen (secondary N) is 1. The number of hydrogen-bond acceptors (Lipinski definition) is 1. The molecule has 1 fully saturated rings. The summed E-state index contributed by atoms with van der Waals surface area (Å²) in [5.41, 5.74) is 1.82. The Morgan fingerprint density at radius 3 is 2.57 bits per heavy atom. The molecule has 0 radical (unpaired) electrons. The van der Waals surface area contributed by atoms with Gasteiger partial charge in [0.2, 0.25) is 0 Å². The maximum absolute atomic E-state index is 13.0. The fraction of sp³-hybridized carbons (Fsp3) is 0.625. The van der Waals surface area contributed by atoms with Crippen molar-refractivity contribution in [3.05, 3.63) is 35.1 Å². The van der Waals surface area contributed by atoms with Crippen molar-refractivity contribution >= 4 is 0 Å². The van der Waals surface area contributed by atoms with Gasteiger partial charge in [-0.15, -0.1) is 0 Å². The van der Waals surface area contributed by atoms with Crippen LogP contribution in [0, 0.1) is 18.7 Å². The molecule has 1 aliphatic rings. The molecule has 21 heavy (non-hydrogen) atoms. The second kappa shape index (κ2) is 6.77. The van der Waals surface area contributed by atoms with Crippen molar-refractivity contribution in [2.24, 2.45) is 5.92 Å². The molecule has 118 valence electrons. The predicted octanol–water partition coefficient (Wildman–Crippen LogP) is 4.39. The average molecular weight is 303 g/mol. The third kappa shape index (κ3) is 4.43. The predicted molar refractivity (Wildman–Crippen MR) is 74.6 cm³/mol. The third-order valence-electron chi connectivity index (χ3n) is 4.29. The SMILES string of the molecule is Cc1cc(F)ccc1CCNC1CCCCC1C(F)(F)F. The lowest BCUT2D eigenvalue weighted by atomic mass is 9.84. The first-order valence-electron chi connectivity index (χ1n) is 7.43. The summed E-state index contributed by atoms with van der Waals surface area (Å²) in [4.78, 5) is 0. The molecule has 1 aromatic carbocycles. The molecule has 1 nitrogen and oxygen atoms in total. The first-order valence-corrected chi connectivity index (χ1v) is 7.43. The second-order valence-electron chi connectivity index (χ2n) is 5.81. The zero-order valence-corrected chi connectivity index (χ0v) is 12.1. The van der Waals surface area contributed by atoms with Crippen LogP contribution in [0.1, 0.15) is 36.8 Å². The van der Waals surface area contributed by atoms with Gasteiger partial charge in [-0.25, -0.2) is 4.39 Å². The number of benzene rings is 1. The number of rotatable bonds is 4. The third-order valence-corrected chi connectivity index (χ3v) is 4.29. The van der Waals surface area contributed by atoms with Crippen molar-refractivity contribution in [1.29, 1.82) is 0 Å². The fourth-order valence-electron chi connectivity index (χ4n) is 3.10. The molecular formula is C16H21F4N. The normalized spacial score (nSPS) is 23.3. The fourth-order valence-corrected chi connectivity index (χ4v) is 3.10. The second-order valence-corrected chi connectivity index (χ2v) is 5.81. The molecule has 0 heterocycles.